The molecule has 0 unspecified atom stereocenters. The average molecular weight is 414 g/mol. The lowest BCUT2D eigenvalue weighted by molar-refractivity contribution is 0.415. The molecule has 0 radical (unpaired) electrons. The number of rotatable bonds is 6. The quantitative estimate of drug-likeness (QED) is 0.233. The molecule has 8 heteroatoms. The monoisotopic (exact) mass is 414 g/mol. The first-order chi connectivity index (χ1) is 14.8. The van der Waals surface area contributed by atoms with Crippen molar-refractivity contribution in [3.63, 3.8) is 0 Å². The van der Waals surface area contributed by atoms with Gasteiger partial charge < -0.3 is 10.1 Å². The molecule has 2 aromatic heterocycles. The van der Waals surface area contributed by atoms with Gasteiger partial charge in [-0.3, -0.25) is 0 Å². The Hall–Kier alpha value is -3.91. The number of aliphatic imine (C=N–C) groups is 1. The van der Waals surface area contributed by atoms with Gasteiger partial charge in [0, 0.05) is 17.1 Å². The SMILES string of the molecule is COc1ccc(/C(N=Nc2ccccc2)=N/c2nc(Nc3ccccn3)cs2)cc1. The molecule has 0 fully saturated rings. The van der Waals surface area contributed by atoms with Crippen molar-refractivity contribution in [3.8, 4) is 5.75 Å². The lowest BCUT2D eigenvalue weighted by Gasteiger charge is -2.02. The second-order valence-corrected chi connectivity index (χ2v) is 6.89. The van der Waals surface area contributed by atoms with Gasteiger partial charge in [-0.1, -0.05) is 24.3 Å². The molecule has 0 spiro atoms. The molecule has 0 aliphatic rings. The molecule has 30 heavy (non-hydrogen) atoms. The molecule has 2 aromatic carbocycles. The lowest BCUT2D eigenvalue weighted by Crippen LogP contribution is -1.96. The number of azo groups is 1. The van der Waals surface area contributed by atoms with Gasteiger partial charge in [-0.05, 0) is 48.5 Å². The summed E-state index contributed by atoms with van der Waals surface area (Å²) in [6, 6.07) is 22.7. The molecule has 0 aliphatic carbocycles. The molecule has 0 atom stereocenters. The standard InChI is InChI=1S/C22H18N6OS/c1-29-18-12-10-16(11-13-18)21(28-27-17-7-3-2-4-8-17)26-22-25-20(15-30-22)24-19-9-5-6-14-23-19/h2-15H,1H3,(H,23,24)/b26-21-,28-27?. The number of hydrogen-bond donors (Lipinski definition) is 1. The molecule has 1 N–H and O–H groups in total. The first-order valence-electron chi connectivity index (χ1n) is 9.14. The summed E-state index contributed by atoms with van der Waals surface area (Å²) in [7, 11) is 1.63. The Morgan fingerprint density at radius 3 is 2.47 bits per heavy atom. The number of nitrogens with zero attached hydrogens (tertiary/aromatic N) is 5. The van der Waals surface area contributed by atoms with Crippen molar-refractivity contribution in [1.82, 2.24) is 9.97 Å². The molecule has 0 amide bonds. The molecule has 0 bridgehead atoms. The Morgan fingerprint density at radius 2 is 1.73 bits per heavy atom. The van der Waals surface area contributed by atoms with Crippen LogP contribution in [-0.2, 0) is 0 Å². The van der Waals surface area contributed by atoms with E-state index < -0.39 is 0 Å². The third-order valence-corrected chi connectivity index (χ3v) is 4.71. The van der Waals surface area contributed by atoms with E-state index in [1.54, 1.807) is 13.3 Å². The predicted octanol–water partition coefficient (Wildman–Crippen LogP) is 6.15. The van der Waals surface area contributed by atoms with E-state index in [1.807, 2.05) is 78.2 Å². The van der Waals surface area contributed by atoms with Crippen molar-refractivity contribution in [2.75, 3.05) is 12.4 Å². The van der Waals surface area contributed by atoms with Crippen LogP contribution in [0.5, 0.6) is 5.75 Å². The van der Waals surface area contributed by atoms with Crippen LogP contribution in [0.3, 0.4) is 0 Å². The van der Waals surface area contributed by atoms with Crippen molar-refractivity contribution in [1.29, 1.82) is 0 Å². The Morgan fingerprint density at radius 1 is 0.933 bits per heavy atom. The van der Waals surface area contributed by atoms with E-state index in [-0.39, 0.29) is 0 Å². The van der Waals surface area contributed by atoms with Gasteiger partial charge in [-0.15, -0.1) is 21.6 Å². The van der Waals surface area contributed by atoms with E-state index >= 15 is 0 Å². The van der Waals surface area contributed by atoms with Crippen LogP contribution < -0.4 is 10.1 Å². The molecule has 0 saturated heterocycles. The van der Waals surface area contributed by atoms with Gasteiger partial charge in [0.15, 0.2) is 5.84 Å². The first kappa shape index (κ1) is 19.4. The molecular weight excluding hydrogens is 396 g/mol. The number of ether oxygens (including phenoxy) is 1. The van der Waals surface area contributed by atoms with Crippen LogP contribution in [0.1, 0.15) is 5.56 Å². The van der Waals surface area contributed by atoms with E-state index in [0.29, 0.717) is 16.8 Å². The lowest BCUT2D eigenvalue weighted by atomic mass is 10.2. The van der Waals surface area contributed by atoms with E-state index in [2.05, 4.69) is 30.5 Å². The van der Waals surface area contributed by atoms with Crippen molar-refractivity contribution in [2.45, 2.75) is 0 Å². The number of amidine groups is 1. The molecule has 148 valence electrons. The number of hydrogen-bond acceptors (Lipinski definition) is 7. The number of nitrogens with one attached hydrogen (secondary N) is 1. The number of anilines is 2. The van der Waals surface area contributed by atoms with E-state index in [0.717, 1.165) is 22.8 Å². The zero-order valence-electron chi connectivity index (χ0n) is 16.1. The molecule has 0 saturated carbocycles. The zero-order chi connectivity index (χ0) is 20.6. The fraction of sp³-hybridized carbons (Fsp3) is 0.0455. The maximum Gasteiger partial charge on any atom is 0.213 e. The van der Waals surface area contributed by atoms with Crippen LogP contribution >= 0.6 is 11.3 Å². The minimum Gasteiger partial charge on any atom is -0.497 e. The largest absolute Gasteiger partial charge is 0.497 e. The number of pyridine rings is 1. The summed E-state index contributed by atoms with van der Waals surface area (Å²) in [5.41, 5.74) is 1.56. The summed E-state index contributed by atoms with van der Waals surface area (Å²) >= 11 is 1.41. The van der Waals surface area contributed by atoms with Gasteiger partial charge in [0.1, 0.15) is 17.4 Å². The molecule has 7 nitrogen and oxygen atoms in total. The van der Waals surface area contributed by atoms with Crippen molar-refractivity contribution >= 4 is 39.6 Å². The van der Waals surface area contributed by atoms with Crippen molar-refractivity contribution < 1.29 is 4.74 Å². The third kappa shape index (κ3) is 5.12. The van der Waals surface area contributed by atoms with Gasteiger partial charge in [-0.2, -0.15) is 4.99 Å². The van der Waals surface area contributed by atoms with Crippen LogP contribution in [0.4, 0.5) is 22.5 Å². The maximum absolute atomic E-state index is 5.24. The summed E-state index contributed by atoms with van der Waals surface area (Å²) in [4.78, 5) is 13.4. The molecule has 2 heterocycles. The summed E-state index contributed by atoms with van der Waals surface area (Å²) < 4.78 is 5.24. The Balaban J connectivity index is 1.62. The van der Waals surface area contributed by atoms with Crippen LogP contribution in [0.2, 0.25) is 0 Å². The highest BCUT2D eigenvalue weighted by Crippen LogP contribution is 2.26. The second-order valence-electron chi connectivity index (χ2n) is 6.05. The highest BCUT2D eigenvalue weighted by atomic mass is 32.1. The fourth-order valence-corrected chi connectivity index (χ4v) is 3.13. The van der Waals surface area contributed by atoms with Crippen molar-refractivity contribution in [2.24, 2.45) is 15.2 Å². The van der Waals surface area contributed by atoms with Gasteiger partial charge in [0.05, 0.1) is 12.8 Å². The number of benzene rings is 2. The summed E-state index contributed by atoms with van der Waals surface area (Å²) in [6.45, 7) is 0. The minimum atomic E-state index is 0.459. The molecule has 4 aromatic rings. The topological polar surface area (TPSA) is 84.1 Å². The van der Waals surface area contributed by atoms with Gasteiger partial charge in [-0.25, -0.2) is 9.97 Å². The normalized spacial score (nSPS) is 11.6. The first-order valence-corrected chi connectivity index (χ1v) is 10.0. The number of aromatic nitrogens is 2. The van der Waals surface area contributed by atoms with Crippen LogP contribution in [0, 0.1) is 0 Å². The molecular formula is C22H18N6OS. The summed E-state index contributed by atoms with van der Waals surface area (Å²) in [5.74, 6) is 2.61. The van der Waals surface area contributed by atoms with E-state index in [1.165, 1.54) is 11.3 Å². The van der Waals surface area contributed by atoms with Crippen LogP contribution in [0.15, 0.2) is 99.6 Å². The summed E-state index contributed by atoms with van der Waals surface area (Å²) in [6.07, 6.45) is 1.72. The van der Waals surface area contributed by atoms with Gasteiger partial charge in [0.25, 0.3) is 0 Å². The predicted molar refractivity (Wildman–Crippen MR) is 120 cm³/mol. The zero-order valence-corrected chi connectivity index (χ0v) is 17.0. The smallest absolute Gasteiger partial charge is 0.213 e. The van der Waals surface area contributed by atoms with Gasteiger partial charge >= 0.3 is 0 Å². The van der Waals surface area contributed by atoms with Gasteiger partial charge in [0.2, 0.25) is 5.13 Å². The second kappa shape index (κ2) is 9.53. The molecule has 0 aliphatic heterocycles. The Kier molecular flexibility index (Phi) is 6.16. The number of methoxy groups -OCH3 is 1. The van der Waals surface area contributed by atoms with E-state index in [9.17, 15) is 0 Å². The van der Waals surface area contributed by atoms with Crippen LogP contribution in [-0.4, -0.2) is 22.9 Å². The molecule has 4 rings (SSSR count). The van der Waals surface area contributed by atoms with Crippen LogP contribution in [0.25, 0.3) is 0 Å². The third-order valence-electron chi connectivity index (χ3n) is 3.98. The van der Waals surface area contributed by atoms with E-state index in [4.69, 9.17) is 4.74 Å². The number of thiazole rings is 1. The minimum absolute atomic E-state index is 0.459. The maximum atomic E-state index is 5.24. The fourth-order valence-electron chi connectivity index (χ4n) is 2.52. The summed E-state index contributed by atoms with van der Waals surface area (Å²) in [5, 5.41) is 14.3. The average Bonchev–Trinajstić information content (AvgIpc) is 3.25. The highest BCUT2D eigenvalue weighted by Gasteiger charge is 2.08. The van der Waals surface area contributed by atoms with Crippen molar-refractivity contribution in [3.05, 3.63) is 89.9 Å². The Bertz CT molecular complexity index is 1140. The Labute approximate surface area is 177 Å². The highest BCUT2D eigenvalue weighted by molar-refractivity contribution is 7.13.